The molecule has 0 spiro atoms. The highest BCUT2D eigenvalue weighted by molar-refractivity contribution is 6.34. The number of hydrogen-bond acceptors (Lipinski definition) is 17. The molecule has 0 saturated carbocycles. The lowest BCUT2D eigenvalue weighted by molar-refractivity contribution is -0.126. The molecule has 4 aliphatic rings. The topological polar surface area (TPSA) is 205 Å². The lowest BCUT2D eigenvalue weighted by Crippen LogP contribution is -2.48. The third kappa shape index (κ3) is 11.3. The van der Waals surface area contributed by atoms with Gasteiger partial charge in [0.25, 0.3) is 0 Å². The van der Waals surface area contributed by atoms with Gasteiger partial charge in [0.2, 0.25) is 17.7 Å². The number of piperidine rings is 1. The van der Waals surface area contributed by atoms with Crippen LogP contribution in [0, 0.1) is 11.6 Å². The molecule has 4 aliphatic heterocycles. The molecule has 2 aromatic carbocycles. The summed E-state index contributed by atoms with van der Waals surface area (Å²) in [6.07, 6.45) is 15.4. The van der Waals surface area contributed by atoms with Crippen LogP contribution in [0.15, 0.2) is 61.7 Å². The Labute approximate surface area is 460 Å². The summed E-state index contributed by atoms with van der Waals surface area (Å²) in [5.41, 5.74) is 1.79. The number of likely N-dealkylation sites (N-methyl/N-ethyl adjacent to an activating group) is 2. The maximum Gasteiger partial charge on any atom is 0.319 e. The zero-order valence-corrected chi connectivity index (χ0v) is 43.5. The van der Waals surface area contributed by atoms with E-state index in [9.17, 15) is 13.6 Å². The first-order chi connectivity index (χ1) is 37.0. The molecule has 0 unspecified atom stereocenters. The van der Waals surface area contributed by atoms with Gasteiger partial charge in [-0.25, -0.2) is 18.7 Å². The second-order valence-electron chi connectivity index (χ2n) is 19.3. The van der Waals surface area contributed by atoms with Gasteiger partial charge in [0, 0.05) is 75.9 Å². The lowest BCUT2D eigenvalue weighted by Gasteiger charge is -2.35. The largest absolute Gasteiger partial charge is 0.462 e. The fourth-order valence-electron chi connectivity index (χ4n) is 10.2. The van der Waals surface area contributed by atoms with Gasteiger partial charge in [-0.2, -0.15) is 30.1 Å². The van der Waals surface area contributed by atoms with Gasteiger partial charge >= 0.3 is 12.0 Å². The molecule has 0 radical (unpaired) electrons. The Bertz CT molecular complexity index is 3450. The van der Waals surface area contributed by atoms with Crippen LogP contribution in [-0.4, -0.2) is 163 Å². The summed E-state index contributed by atoms with van der Waals surface area (Å²) in [5.74, 6) is 0.597. The quantitative estimate of drug-likeness (QED) is 0.103. The van der Waals surface area contributed by atoms with Gasteiger partial charge in [-0.05, 0) is 90.3 Å². The third-order valence-electron chi connectivity index (χ3n) is 14.5. The molecule has 1 amide bonds. The second kappa shape index (κ2) is 24.2. The van der Waals surface area contributed by atoms with Gasteiger partial charge in [-0.3, -0.25) is 15.0 Å². The number of anilines is 2. The van der Waals surface area contributed by atoms with E-state index < -0.39 is 11.6 Å². The van der Waals surface area contributed by atoms with Crippen LogP contribution in [-0.2, 0) is 4.79 Å². The van der Waals surface area contributed by atoms with Crippen LogP contribution < -0.4 is 28.7 Å². The predicted molar refractivity (Wildman–Crippen MR) is 298 cm³/mol. The molecular weight excluding hydrogens is 1050 g/mol. The van der Waals surface area contributed by atoms with Crippen LogP contribution in [0.1, 0.15) is 59.8 Å². The number of benzene rings is 2. The van der Waals surface area contributed by atoms with Crippen molar-refractivity contribution in [1.29, 1.82) is 0 Å². The average Bonchev–Trinajstić information content (AvgIpc) is 4.36. The van der Waals surface area contributed by atoms with E-state index >= 15 is 0 Å². The number of nitrogens with zero attached hydrogens (tertiary/aromatic N) is 13. The van der Waals surface area contributed by atoms with E-state index in [4.69, 9.17) is 57.1 Å². The highest BCUT2D eigenvalue weighted by atomic mass is 35.5. The summed E-state index contributed by atoms with van der Waals surface area (Å²) in [4.78, 5) is 50.6. The first kappa shape index (κ1) is 55.5. The van der Waals surface area contributed by atoms with Crippen molar-refractivity contribution in [1.82, 2.24) is 65.0 Å². The SMILES string of the molecule is C.C.C=CC(=O)N1CCN(c2nc(OC[C@@H]3CCCN3C)nc3c(Oc4c(Cl)c(F)cc5[nH]ncc45)nccc23)CC1.CN1CCC[C@H]1COc1nc(N2CCCCC2)c2ccnc(Oc3c(Cl)c(F)cc4[nH]ncc34)c2n1. The maximum absolute atomic E-state index is 14.6. The number of piperazine rings is 1. The molecule has 6 aromatic heterocycles. The number of aromatic amines is 2. The molecule has 412 valence electrons. The number of ether oxygens (including phenoxy) is 4. The molecule has 24 heteroatoms. The summed E-state index contributed by atoms with van der Waals surface area (Å²) < 4.78 is 53.7. The number of carbonyl (C=O) groups is 1. The van der Waals surface area contributed by atoms with Gasteiger partial charge in [0.15, 0.2) is 11.5 Å². The number of nitrogens with one attached hydrogen (secondary N) is 2. The molecule has 2 atom stereocenters. The van der Waals surface area contributed by atoms with Gasteiger partial charge in [0.1, 0.15) is 57.6 Å². The predicted octanol–water partition coefficient (Wildman–Crippen LogP) is 10.0. The summed E-state index contributed by atoms with van der Waals surface area (Å²) >= 11 is 12.6. The smallest absolute Gasteiger partial charge is 0.319 e. The van der Waals surface area contributed by atoms with E-state index in [1.807, 2.05) is 6.07 Å². The summed E-state index contributed by atoms with van der Waals surface area (Å²) in [6.45, 7) is 10.6. The Balaban J connectivity index is 0.000000186. The maximum atomic E-state index is 14.6. The van der Waals surface area contributed by atoms with Crippen LogP contribution >= 0.6 is 23.2 Å². The number of aromatic nitrogens is 10. The summed E-state index contributed by atoms with van der Waals surface area (Å²) in [6, 6.07) is 7.28. The normalized spacial score (nSPS) is 17.9. The molecule has 4 saturated heterocycles. The molecule has 78 heavy (non-hydrogen) atoms. The molecule has 8 aromatic rings. The van der Waals surface area contributed by atoms with E-state index in [1.165, 1.54) is 30.8 Å². The van der Waals surface area contributed by atoms with Crippen molar-refractivity contribution in [3.63, 3.8) is 0 Å². The molecule has 12 rings (SSSR count). The van der Waals surface area contributed by atoms with Crippen LogP contribution in [0.3, 0.4) is 0 Å². The first-order valence-corrected chi connectivity index (χ1v) is 26.2. The molecule has 20 nitrogen and oxygen atoms in total. The zero-order valence-electron chi connectivity index (χ0n) is 41.9. The number of halogens is 4. The van der Waals surface area contributed by atoms with E-state index in [-0.39, 0.29) is 72.1 Å². The zero-order chi connectivity index (χ0) is 52.5. The minimum atomic E-state index is -0.652. The third-order valence-corrected chi connectivity index (χ3v) is 15.2. The Hall–Kier alpha value is -7.27. The Morgan fingerprint density at radius 1 is 0.654 bits per heavy atom. The van der Waals surface area contributed by atoms with Gasteiger partial charge < -0.3 is 43.4 Å². The molecular formula is C54H63Cl2F2N15O5. The standard InChI is InChI=1S/C27H28ClFN8O3.C25H27ClFN7O2.2CH4/c1-3-21(38)36-9-11-37(12-10-36)25-17-6-7-30-26(40-24-18-14-31-34-20(18)13-19(29)22(24)28)23(17)32-27(33-25)39-15-16-5-4-8-35(16)2;1-33-9-5-6-15(33)14-35-25-30-21-16(23(31-25)34-10-3-2-4-11-34)7-8-28-24(21)36-22-17-13-29-32-19(17)12-18(27)20(22)26;;/h3,6-7,13-14,16H,1,4-5,8-12,15H2,2H3,(H,31,34);7-8,12-13,15H,2-6,9-11,14H2,1H3,(H,29,32);2*1H4/t16-;15-;;/m00../s1. The highest BCUT2D eigenvalue weighted by Crippen LogP contribution is 2.42. The molecule has 2 N–H and O–H groups in total. The molecule has 0 bridgehead atoms. The Kier molecular flexibility index (Phi) is 17.2. The number of H-pyrrole nitrogens is 2. The fourth-order valence-corrected chi connectivity index (χ4v) is 10.6. The van der Waals surface area contributed by atoms with Crippen LogP contribution in [0.5, 0.6) is 35.3 Å². The van der Waals surface area contributed by atoms with Crippen molar-refractivity contribution < 1.29 is 32.5 Å². The molecule has 4 fully saturated rings. The number of fused-ring (bicyclic) bond motifs is 4. The molecule has 0 aliphatic carbocycles. The van der Waals surface area contributed by atoms with E-state index in [0.717, 1.165) is 75.9 Å². The summed E-state index contributed by atoms with van der Waals surface area (Å²) in [5, 5.41) is 15.7. The number of hydrogen-bond donors (Lipinski definition) is 2. The van der Waals surface area contributed by atoms with Crippen molar-refractivity contribution >= 4 is 84.4 Å². The summed E-state index contributed by atoms with van der Waals surface area (Å²) in [7, 11) is 4.18. The minimum Gasteiger partial charge on any atom is -0.462 e. The van der Waals surface area contributed by atoms with E-state index in [1.54, 1.807) is 29.6 Å². The second-order valence-corrected chi connectivity index (χ2v) is 20.0. The van der Waals surface area contributed by atoms with Crippen molar-refractivity contribution in [2.45, 2.75) is 71.9 Å². The van der Waals surface area contributed by atoms with Gasteiger partial charge in [0.05, 0.1) is 45.0 Å². The highest BCUT2D eigenvalue weighted by Gasteiger charge is 2.29. The van der Waals surface area contributed by atoms with Crippen molar-refractivity contribution in [3.8, 4) is 35.3 Å². The van der Waals surface area contributed by atoms with E-state index in [2.05, 4.69) is 75.6 Å². The fraction of sp³-hybridized carbons (Fsp3) is 0.426. The lowest BCUT2D eigenvalue weighted by atomic mass is 10.1. The van der Waals surface area contributed by atoms with Gasteiger partial charge in [-0.1, -0.05) is 44.6 Å². The number of rotatable bonds is 13. The average molecular weight is 1110 g/mol. The number of carbonyl (C=O) groups excluding carboxylic acids is 1. The Morgan fingerprint density at radius 2 is 1.12 bits per heavy atom. The molecule has 10 heterocycles. The minimum absolute atomic E-state index is 0. The number of pyridine rings is 2. The van der Waals surface area contributed by atoms with Crippen LogP contribution in [0.25, 0.3) is 43.6 Å². The van der Waals surface area contributed by atoms with Crippen molar-refractivity contribution in [3.05, 3.63) is 83.4 Å². The van der Waals surface area contributed by atoms with Crippen molar-refractivity contribution in [2.75, 3.05) is 89.5 Å². The monoisotopic (exact) mass is 1110 g/mol. The van der Waals surface area contributed by atoms with E-state index in [0.29, 0.717) is 89.5 Å². The van der Waals surface area contributed by atoms with Crippen LogP contribution in [0.4, 0.5) is 20.4 Å². The van der Waals surface area contributed by atoms with Crippen molar-refractivity contribution in [2.24, 2.45) is 0 Å². The number of likely N-dealkylation sites (tertiary alicyclic amines) is 2. The van der Waals surface area contributed by atoms with Gasteiger partial charge in [-0.15, -0.1) is 0 Å². The number of amides is 1. The van der Waals surface area contributed by atoms with Crippen LogP contribution in [0.2, 0.25) is 10.0 Å². The Morgan fingerprint density at radius 3 is 1.55 bits per heavy atom. The first-order valence-electron chi connectivity index (χ1n) is 25.4.